The highest BCUT2D eigenvalue weighted by molar-refractivity contribution is 6.17. The van der Waals surface area contributed by atoms with Gasteiger partial charge in [-0.05, 0) is 43.3 Å². The summed E-state index contributed by atoms with van der Waals surface area (Å²) in [6.07, 6.45) is 1.15. The maximum Gasteiger partial charge on any atom is 0.259 e. The van der Waals surface area contributed by atoms with Crippen LogP contribution in [0.4, 0.5) is 17.1 Å². The SMILES string of the molecule is C=CC(=O)Nc1cccc(C(=O)N2c3cc(OC)ccc3NC(=O)C2C)c1. The van der Waals surface area contributed by atoms with Gasteiger partial charge in [0.25, 0.3) is 5.91 Å². The van der Waals surface area contributed by atoms with Crippen molar-refractivity contribution < 1.29 is 19.1 Å². The predicted molar refractivity (Wildman–Crippen MR) is 103 cm³/mol. The summed E-state index contributed by atoms with van der Waals surface area (Å²) in [5.74, 6) is -0.444. The van der Waals surface area contributed by atoms with E-state index >= 15 is 0 Å². The van der Waals surface area contributed by atoms with Gasteiger partial charge in [-0.1, -0.05) is 12.6 Å². The minimum atomic E-state index is -0.705. The van der Waals surface area contributed by atoms with Crippen molar-refractivity contribution in [3.63, 3.8) is 0 Å². The zero-order valence-electron chi connectivity index (χ0n) is 15.0. The summed E-state index contributed by atoms with van der Waals surface area (Å²) in [5, 5.41) is 5.41. The Balaban J connectivity index is 2.01. The maximum absolute atomic E-state index is 13.2. The Hall–Kier alpha value is -3.61. The quantitative estimate of drug-likeness (QED) is 0.816. The summed E-state index contributed by atoms with van der Waals surface area (Å²) in [6.45, 7) is 5.06. The Labute approximate surface area is 156 Å². The molecule has 2 aromatic rings. The smallest absolute Gasteiger partial charge is 0.259 e. The van der Waals surface area contributed by atoms with Gasteiger partial charge in [0.15, 0.2) is 0 Å². The van der Waals surface area contributed by atoms with Crippen molar-refractivity contribution in [2.45, 2.75) is 13.0 Å². The molecular weight excluding hydrogens is 346 g/mol. The standard InChI is InChI=1S/C20H19N3O4/c1-4-18(24)21-14-7-5-6-13(10-14)20(26)23-12(2)19(25)22-16-9-8-15(27-3)11-17(16)23/h4-12H,1H2,2-3H3,(H,21,24)(H,22,25). The molecule has 0 spiro atoms. The summed E-state index contributed by atoms with van der Waals surface area (Å²) in [6, 6.07) is 10.9. The van der Waals surface area contributed by atoms with Crippen molar-refractivity contribution in [3.8, 4) is 5.75 Å². The fourth-order valence-corrected chi connectivity index (χ4v) is 2.85. The van der Waals surface area contributed by atoms with Crippen molar-refractivity contribution in [2.75, 3.05) is 22.6 Å². The van der Waals surface area contributed by atoms with E-state index in [-0.39, 0.29) is 17.7 Å². The van der Waals surface area contributed by atoms with Crippen LogP contribution in [0.1, 0.15) is 17.3 Å². The molecule has 2 N–H and O–H groups in total. The monoisotopic (exact) mass is 365 g/mol. The third kappa shape index (κ3) is 3.52. The van der Waals surface area contributed by atoms with Crippen molar-refractivity contribution in [2.24, 2.45) is 0 Å². The van der Waals surface area contributed by atoms with Crippen LogP contribution in [0.3, 0.4) is 0 Å². The summed E-state index contributed by atoms with van der Waals surface area (Å²) in [5.41, 5.74) is 1.88. The van der Waals surface area contributed by atoms with E-state index in [2.05, 4.69) is 17.2 Å². The van der Waals surface area contributed by atoms with Crippen LogP contribution in [0.2, 0.25) is 0 Å². The van der Waals surface area contributed by atoms with E-state index < -0.39 is 6.04 Å². The molecule has 1 atom stereocenters. The second-order valence-corrected chi connectivity index (χ2v) is 6.00. The molecule has 27 heavy (non-hydrogen) atoms. The number of fused-ring (bicyclic) bond motifs is 1. The number of benzene rings is 2. The van der Waals surface area contributed by atoms with Crippen molar-refractivity contribution in [1.82, 2.24) is 0 Å². The molecule has 0 saturated heterocycles. The fourth-order valence-electron chi connectivity index (χ4n) is 2.85. The number of hydrogen-bond acceptors (Lipinski definition) is 4. The summed E-state index contributed by atoms with van der Waals surface area (Å²) < 4.78 is 5.24. The van der Waals surface area contributed by atoms with Gasteiger partial charge in [0.05, 0.1) is 18.5 Å². The van der Waals surface area contributed by atoms with Crippen LogP contribution in [0.5, 0.6) is 5.75 Å². The van der Waals surface area contributed by atoms with E-state index in [1.165, 1.54) is 12.0 Å². The molecule has 0 saturated carbocycles. The third-order valence-corrected chi connectivity index (χ3v) is 4.27. The van der Waals surface area contributed by atoms with Crippen LogP contribution >= 0.6 is 0 Å². The number of ether oxygens (including phenoxy) is 1. The number of amides is 3. The molecule has 0 bridgehead atoms. The van der Waals surface area contributed by atoms with Crippen LogP contribution in [-0.4, -0.2) is 30.9 Å². The van der Waals surface area contributed by atoms with Gasteiger partial charge in [-0.3, -0.25) is 19.3 Å². The highest BCUT2D eigenvalue weighted by Gasteiger charge is 2.34. The molecule has 3 rings (SSSR count). The van der Waals surface area contributed by atoms with Crippen LogP contribution in [0, 0.1) is 0 Å². The topological polar surface area (TPSA) is 87.7 Å². The summed E-state index contributed by atoms with van der Waals surface area (Å²) in [4.78, 5) is 38.4. The lowest BCUT2D eigenvalue weighted by atomic mass is 10.1. The molecule has 1 heterocycles. The molecule has 7 nitrogen and oxygen atoms in total. The van der Waals surface area contributed by atoms with E-state index in [4.69, 9.17) is 4.74 Å². The van der Waals surface area contributed by atoms with Crippen LogP contribution < -0.4 is 20.3 Å². The second-order valence-electron chi connectivity index (χ2n) is 6.00. The Bertz CT molecular complexity index is 939. The number of hydrogen-bond donors (Lipinski definition) is 2. The zero-order valence-corrected chi connectivity index (χ0v) is 15.0. The molecule has 7 heteroatoms. The van der Waals surface area contributed by atoms with Gasteiger partial charge in [0, 0.05) is 17.3 Å². The normalized spacial score (nSPS) is 15.4. The van der Waals surface area contributed by atoms with Gasteiger partial charge in [-0.15, -0.1) is 0 Å². The second kappa shape index (κ2) is 7.33. The first-order valence-corrected chi connectivity index (χ1v) is 8.30. The Morgan fingerprint density at radius 1 is 1.26 bits per heavy atom. The lowest BCUT2D eigenvalue weighted by Gasteiger charge is -2.34. The molecule has 3 amide bonds. The van der Waals surface area contributed by atoms with Gasteiger partial charge >= 0.3 is 0 Å². The number of anilines is 3. The Morgan fingerprint density at radius 3 is 2.74 bits per heavy atom. The number of carbonyl (C=O) groups is 3. The van der Waals surface area contributed by atoms with E-state index in [0.29, 0.717) is 28.4 Å². The molecule has 1 unspecified atom stereocenters. The van der Waals surface area contributed by atoms with Gasteiger partial charge in [0.2, 0.25) is 11.8 Å². The van der Waals surface area contributed by atoms with Crippen LogP contribution in [0.25, 0.3) is 0 Å². The van der Waals surface area contributed by atoms with Gasteiger partial charge < -0.3 is 15.4 Å². The zero-order chi connectivity index (χ0) is 19.6. The molecule has 2 aromatic carbocycles. The maximum atomic E-state index is 13.2. The van der Waals surface area contributed by atoms with Crippen LogP contribution in [0.15, 0.2) is 55.1 Å². The third-order valence-electron chi connectivity index (χ3n) is 4.27. The minimum Gasteiger partial charge on any atom is -0.497 e. The molecule has 0 fully saturated rings. The number of nitrogens with one attached hydrogen (secondary N) is 2. The summed E-state index contributed by atoms with van der Waals surface area (Å²) >= 11 is 0. The number of methoxy groups -OCH3 is 1. The Kier molecular flexibility index (Phi) is 4.94. The molecular formula is C20H19N3O4. The molecule has 1 aliphatic rings. The lowest BCUT2D eigenvalue weighted by Crippen LogP contribution is -2.49. The van der Waals surface area contributed by atoms with Crippen molar-refractivity contribution in [1.29, 1.82) is 0 Å². The number of rotatable bonds is 4. The van der Waals surface area contributed by atoms with Crippen molar-refractivity contribution in [3.05, 3.63) is 60.7 Å². The number of nitrogens with zero attached hydrogens (tertiary/aromatic N) is 1. The minimum absolute atomic E-state index is 0.280. The van der Waals surface area contributed by atoms with Gasteiger partial charge in [-0.2, -0.15) is 0 Å². The fraction of sp³-hybridized carbons (Fsp3) is 0.150. The largest absolute Gasteiger partial charge is 0.497 e. The van der Waals surface area contributed by atoms with E-state index in [0.717, 1.165) is 6.08 Å². The van der Waals surface area contributed by atoms with Gasteiger partial charge in [0.1, 0.15) is 11.8 Å². The first kappa shape index (κ1) is 18.2. The summed E-state index contributed by atoms with van der Waals surface area (Å²) in [7, 11) is 1.53. The van der Waals surface area contributed by atoms with Gasteiger partial charge in [-0.25, -0.2) is 0 Å². The molecule has 0 radical (unpaired) electrons. The molecule has 0 aliphatic carbocycles. The number of carbonyl (C=O) groups excluding carboxylic acids is 3. The molecule has 138 valence electrons. The van der Waals surface area contributed by atoms with Crippen molar-refractivity contribution >= 4 is 34.8 Å². The molecule has 0 aromatic heterocycles. The van der Waals surface area contributed by atoms with Crippen LogP contribution in [-0.2, 0) is 9.59 Å². The Morgan fingerprint density at radius 2 is 2.04 bits per heavy atom. The van der Waals surface area contributed by atoms with E-state index in [1.807, 2.05) is 0 Å². The first-order valence-electron chi connectivity index (χ1n) is 8.30. The highest BCUT2D eigenvalue weighted by atomic mass is 16.5. The molecule has 1 aliphatic heterocycles. The highest BCUT2D eigenvalue weighted by Crippen LogP contribution is 2.36. The average molecular weight is 365 g/mol. The van der Waals surface area contributed by atoms with E-state index in [1.54, 1.807) is 49.4 Å². The lowest BCUT2D eigenvalue weighted by molar-refractivity contribution is -0.117. The first-order chi connectivity index (χ1) is 12.9. The van der Waals surface area contributed by atoms with E-state index in [9.17, 15) is 14.4 Å². The predicted octanol–water partition coefficient (Wildman–Crippen LogP) is 2.81. The average Bonchev–Trinajstić information content (AvgIpc) is 2.68.